The summed E-state index contributed by atoms with van der Waals surface area (Å²) in [5, 5.41) is 0.395. The van der Waals surface area contributed by atoms with E-state index in [-0.39, 0.29) is 10.5 Å². The summed E-state index contributed by atoms with van der Waals surface area (Å²) < 4.78 is 11.8. The third kappa shape index (κ3) is 2.90. The highest BCUT2D eigenvalue weighted by Gasteiger charge is 2.26. The Morgan fingerprint density at radius 3 is 2.85 bits per heavy atom. The predicted molar refractivity (Wildman–Crippen MR) is 55.2 cm³/mol. The number of Topliss-reactive ketones (excluding diaryl/α,β-unsaturated/α-hetero) is 1. The van der Waals surface area contributed by atoms with E-state index < -0.39 is 10.8 Å². The van der Waals surface area contributed by atoms with E-state index in [1.165, 1.54) is 0 Å². The molecule has 3 atom stereocenters. The molecule has 0 amide bonds. The lowest BCUT2D eigenvalue weighted by molar-refractivity contribution is -0.120. The number of carbonyl (C=O) groups excluding carboxylic acids is 1. The minimum Gasteiger partial charge on any atom is -0.300 e. The maximum absolute atomic E-state index is 11.8. The van der Waals surface area contributed by atoms with Crippen molar-refractivity contribution in [3.8, 4) is 0 Å². The van der Waals surface area contributed by atoms with E-state index in [0.29, 0.717) is 18.6 Å². The molecule has 0 radical (unpaired) electrons. The van der Waals surface area contributed by atoms with Crippen molar-refractivity contribution in [2.45, 2.75) is 56.5 Å². The minimum atomic E-state index is -0.793. The van der Waals surface area contributed by atoms with Crippen molar-refractivity contribution in [2.24, 2.45) is 0 Å². The topological polar surface area (TPSA) is 34.1 Å². The van der Waals surface area contributed by atoms with Gasteiger partial charge in [0.15, 0.2) is 0 Å². The second-order valence-electron chi connectivity index (χ2n) is 3.80. The average molecular weight is 202 g/mol. The van der Waals surface area contributed by atoms with Gasteiger partial charge < -0.3 is 0 Å². The van der Waals surface area contributed by atoms with Crippen LogP contribution < -0.4 is 0 Å². The molecule has 1 rings (SSSR count). The van der Waals surface area contributed by atoms with E-state index in [2.05, 4.69) is 0 Å². The molecule has 3 unspecified atom stereocenters. The Morgan fingerprint density at radius 2 is 2.31 bits per heavy atom. The molecule has 0 bridgehead atoms. The van der Waals surface area contributed by atoms with Gasteiger partial charge in [-0.05, 0) is 19.3 Å². The first-order chi connectivity index (χ1) is 6.15. The molecular formula is C10H18O2S. The Hall–Kier alpha value is -0.180. The molecule has 13 heavy (non-hydrogen) atoms. The molecule has 1 fully saturated rings. The van der Waals surface area contributed by atoms with Crippen molar-refractivity contribution < 1.29 is 9.00 Å². The SMILES string of the molecule is CCC(C)S(=O)C1CCCC(=O)C1. The van der Waals surface area contributed by atoms with Crippen LogP contribution in [0.1, 0.15) is 46.0 Å². The molecule has 2 nitrogen and oxygen atoms in total. The van der Waals surface area contributed by atoms with Gasteiger partial charge in [0.05, 0.1) is 0 Å². The highest BCUT2D eigenvalue weighted by atomic mass is 32.2. The van der Waals surface area contributed by atoms with Gasteiger partial charge in [0.2, 0.25) is 0 Å². The standard InChI is InChI=1S/C10H18O2S/c1-3-8(2)13(12)10-6-4-5-9(11)7-10/h8,10H,3-7H2,1-2H3. The van der Waals surface area contributed by atoms with Crippen molar-refractivity contribution >= 4 is 16.6 Å². The smallest absolute Gasteiger partial charge is 0.134 e. The molecule has 0 aromatic rings. The van der Waals surface area contributed by atoms with Gasteiger partial charge in [-0.2, -0.15) is 0 Å². The van der Waals surface area contributed by atoms with E-state index in [1.807, 2.05) is 13.8 Å². The molecule has 0 aliphatic heterocycles. The van der Waals surface area contributed by atoms with Crippen LogP contribution in [0.25, 0.3) is 0 Å². The molecule has 0 aromatic carbocycles. The normalized spacial score (nSPS) is 28.5. The summed E-state index contributed by atoms with van der Waals surface area (Å²) in [7, 11) is -0.793. The summed E-state index contributed by atoms with van der Waals surface area (Å²) in [4.78, 5) is 11.2. The lowest BCUT2D eigenvalue weighted by Gasteiger charge is -2.22. The van der Waals surface area contributed by atoms with E-state index in [0.717, 1.165) is 19.3 Å². The maximum atomic E-state index is 11.8. The van der Waals surface area contributed by atoms with E-state index in [9.17, 15) is 9.00 Å². The molecule has 0 aromatic heterocycles. The first-order valence-corrected chi connectivity index (χ1v) is 6.33. The quantitative estimate of drug-likeness (QED) is 0.702. The van der Waals surface area contributed by atoms with E-state index in [4.69, 9.17) is 0 Å². The van der Waals surface area contributed by atoms with Crippen molar-refractivity contribution in [1.82, 2.24) is 0 Å². The van der Waals surface area contributed by atoms with Crippen LogP contribution in [0.15, 0.2) is 0 Å². The zero-order valence-electron chi connectivity index (χ0n) is 8.41. The van der Waals surface area contributed by atoms with Crippen LogP contribution in [0.5, 0.6) is 0 Å². The van der Waals surface area contributed by atoms with Gasteiger partial charge in [0, 0.05) is 34.1 Å². The molecule has 0 saturated heterocycles. The Bertz CT molecular complexity index is 213. The first kappa shape index (κ1) is 10.9. The van der Waals surface area contributed by atoms with Gasteiger partial charge in [-0.1, -0.05) is 13.8 Å². The Labute approximate surface area is 82.6 Å². The molecule has 76 valence electrons. The maximum Gasteiger partial charge on any atom is 0.134 e. The highest BCUT2D eigenvalue weighted by Crippen LogP contribution is 2.22. The molecule has 0 heterocycles. The molecule has 1 aliphatic rings. The van der Waals surface area contributed by atoms with Crippen LogP contribution in [-0.4, -0.2) is 20.5 Å². The van der Waals surface area contributed by atoms with Gasteiger partial charge in [-0.15, -0.1) is 0 Å². The van der Waals surface area contributed by atoms with E-state index >= 15 is 0 Å². The Morgan fingerprint density at radius 1 is 1.62 bits per heavy atom. The monoisotopic (exact) mass is 202 g/mol. The first-order valence-electron chi connectivity index (χ1n) is 5.06. The highest BCUT2D eigenvalue weighted by molar-refractivity contribution is 7.86. The Kier molecular flexibility index (Phi) is 4.10. The van der Waals surface area contributed by atoms with Crippen molar-refractivity contribution in [3.05, 3.63) is 0 Å². The van der Waals surface area contributed by atoms with Crippen LogP contribution >= 0.6 is 0 Å². The minimum absolute atomic E-state index is 0.149. The van der Waals surface area contributed by atoms with Crippen molar-refractivity contribution in [3.63, 3.8) is 0 Å². The molecule has 0 spiro atoms. The largest absolute Gasteiger partial charge is 0.300 e. The molecule has 3 heteroatoms. The van der Waals surface area contributed by atoms with Crippen molar-refractivity contribution in [2.75, 3.05) is 0 Å². The van der Waals surface area contributed by atoms with Crippen LogP contribution in [0, 0.1) is 0 Å². The summed E-state index contributed by atoms with van der Waals surface area (Å²) >= 11 is 0. The number of hydrogen-bond donors (Lipinski definition) is 0. The van der Waals surface area contributed by atoms with E-state index in [1.54, 1.807) is 0 Å². The third-order valence-electron chi connectivity index (χ3n) is 2.74. The van der Waals surface area contributed by atoms with Crippen LogP contribution in [0.3, 0.4) is 0 Å². The van der Waals surface area contributed by atoms with Gasteiger partial charge in [0.1, 0.15) is 5.78 Å². The summed E-state index contributed by atoms with van der Waals surface area (Å²) in [6, 6.07) is 0. The predicted octanol–water partition coefficient (Wildman–Crippen LogP) is 2.05. The lowest BCUT2D eigenvalue weighted by Crippen LogP contribution is -2.29. The lowest BCUT2D eigenvalue weighted by atomic mass is 9.99. The molecular weight excluding hydrogens is 184 g/mol. The summed E-state index contributed by atoms with van der Waals surface area (Å²) in [6.07, 6.45) is 4.11. The summed E-state index contributed by atoms with van der Waals surface area (Å²) in [6.45, 7) is 4.06. The van der Waals surface area contributed by atoms with Crippen molar-refractivity contribution in [1.29, 1.82) is 0 Å². The number of carbonyl (C=O) groups is 1. The molecule has 1 saturated carbocycles. The number of hydrogen-bond acceptors (Lipinski definition) is 2. The second kappa shape index (κ2) is 4.89. The van der Waals surface area contributed by atoms with Gasteiger partial charge in [-0.25, -0.2) is 0 Å². The fourth-order valence-corrected chi connectivity index (χ4v) is 3.41. The second-order valence-corrected chi connectivity index (χ2v) is 5.93. The van der Waals surface area contributed by atoms with Crippen LogP contribution in [0.2, 0.25) is 0 Å². The molecule has 1 aliphatic carbocycles. The zero-order chi connectivity index (χ0) is 9.84. The average Bonchev–Trinajstić information content (AvgIpc) is 2.15. The van der Waals surface area contributed by atoms with Gasteiger partial charge in [0.25, 0.3) is 0 Å². The van der Waals surface area contributed by atoms with Gasteiger partial charge in [-0.3, -0.25) is 9.00 Å². The fourth-order valence-electron chi connectivity index (χ4n) is 1.68. The fraction of sp³-hybridized carbons (Fsp3) is 0.900. The van der Waals surface area contributed by atoms with Crippen LogP contribution in [-0.2, 0) is 15.6 Å². The summed E-state index contributed by atoms with van der Waals surface area (Å²) in [5.41, 5.74) is 0. The molecule has 0 N–H and O–H groups in total. The van der Waals surface area contributed by atoms with Crippen LogP contribution in [0.4, 0.5) is 0 Å². The summed E-state index contributed by atoms with van der Waals surface area (Å²) in [5.74, 6) is 0.299. The Balaban J connectivity index is 2.50. The number of ketones is 1. The zero-order valence-corrected chi connectivity index (χ0v) is 9.23. The third-order valence-corrected chi connectivity index (χ3v) is 4.92. The number of rotatable bonds is 3. The van der Waals surface area contributed by atoms with Gasteiger partial charge >= 0.3 is 0 Å².